The van der Waals surface area contributed by atoms with E-state index in [1.165, 1.54) is 16.7 Å². The van der Waals surface area contributed by atoms with Crippen molar-refractivity contribution in [1.29, 1.82) is 0 Å². The zero-order chi connectivity index (χ0) is 15.5. The van der Waals surface area contributed by atoms with E-state index in [0.717, 1.165) is 10.0 Å². The average Bonchev–Trinajstić information content (AvgIpc) is 2.49. The first-order valence-electron chi connectivity index (χ1n) is 7.06. The largest absolute Gasteiger partial charge is 0.395 e. The second kappa shape index (κ2) is 6.73. The van der Waals surface area contributed by atoms with Crippen LogP contribution in [-0.2, 0) is 11.8 Å². The molecule has 0 aliphatic heterocycles. The lowest BCUT2D eigenvalue weighted by atomic mass is 9.75. The summed E-state index contributed by atoms with van der Waals surface area (Å²) in [6.07, 6.45) is 0.612. The van der Waals surface area contributed by atoms with Crippen LogP contribution in [0.4, 0.5) is 0 Å². The molecule has 0 bridgehead atoms. The van der Waals surface area contributed by atoms with Crippen LogP contribution in [-0.4, -0.2) is 23.4 Å². The average molecular weight is 349 g/mol. The van der Waals surface area contributed by atoms with Crippen LogP contribution in [0.1, 0.15) is 22.3 Å². The third-order valence-electron chi connectivity index (χ3n) is 4.21. The van der Waals surface area contributed by atoms with Gasteiger partial charge < -0.3 is 10.2 Å². The van der Waals surface area contributed by atoms with Gasteiger partial charge in [-0.25, -0.2) is 0 Å². The van der Waals surface area contributed by atoms with Crippen molar-refractivity contribution in [3.63, 3.8) is 0 Å². The van der Waals surface area contributed by atoms with Crippen molar-refractivity contribution in [3.8, 4) is 0 Å². The van der Waals surface area contributed by atoms with Gasteiger partial charge in [0.2, 0.25) is 0 Å². The van der Waals surface area contributed by atoms with Crippen molar-refractivity contribution in [2.45, 2.75) is 25.7 Å². The molecule has 0 unspecified atom stereocenters. The van der Waals surface area contributed by atoms with Crippen LogP contribution in [0.25, 0.3) is 0 Å². The number of aliphatic hydroxyl groups excluding tert-OH is 2. The van der Waals surface area contributed by atoms with E-state index < -0.39 is 5.41 Å². The maximum atomic E-state index is 10.0. The molecule has 0 atom stereocenters. The lowest BCUT2D eigenvalue weighted by molar-refractivity contribution is 0.115. The fourth-order valence-corrected chi connectivity index (χ4v) is 3.49. The fourth-order valence-electron chi connectivity index (χ4n) is 2.78. The topological polar surface area (TPSA) is 40.5 Å². The first-order valence-corrected chi connectivity index (χ1v) is 7.85. The molecule has 0 amide bonds. The van der Waals surface area contributed by atoms with E-state index in [2.05, 4.69) is 41.9 Å². The van der Waals surface area contributed by atoms with E-state index >= 15 is 0 Å². The van der Waals surface area contributed by atoms with Crippen LogP contribution in [0.5, 0.6) is 0 Å². The van der Waals surface area contributed by atoms with Gasteiger partial charge in [0.05, 0.1) is 13.2 Å². The van der Waals surface area contributed by atoms with E-state index in [-0.39, 0.29) is 13.2 Å². The van der Waals surface area contributed by atoms with Crippen LogP contribution >= 0.6 is 15.9 Å². The number of hydrogen-bond acceptors (Lipinski definition) is 2. The van der Waals surface area contributed by atoms with E-state index in [4.69, 9.17) is 0 Å². The molecule has 0 aliphatic rings. The van der Waals surface area contributed by atoms with Gasteiger partial charge in [0.15, 0.2) is 0 Å². The molecule has 2 N–H and O–H groups in total. The normalized spacial score (nSPS) is 11.7. The molecule has 2 rings (SSSR count). The minimum Gasteiger partial charge on any atom is -0.395 e. The Morgan fingerprint density at radius 2 is 1.48 bits per heavy atom. The SMILES string of the molecule is Cc1cccc(C)c1CC(CO)(CO)c1ccccc1Br. The summed E-state index contributed by atoms with van der Waals surface area (Å²) in [6.45, 7) is 3.95. The Bertz CT molecular complexity index is 598. The summed E-state index contributed by atoms with van der Waals surface area (Å²) in [5.41, 5.74) is 3.83. The van der Waals surface area contributed by atoms with E-state index in [1.807, 2.05) is 30.3 Å². The third kappa shape index (κ3) is 3.20. The molecule has 0 saturated carbocycles. The number of rotatable bonds is 5. The van der Waals surface area contributed by atoms with Crippen molar-refractivity contribution in [3.05, 3.63) is 69.2 Å². The number of halogens is 1. The lowest BCUT2D eigenvalue weighted by Crippen LogP contribution is -2.38. The summed E-state index contributed by atoms with van der Waals surface area (Å²) >= 11 is 3.54. The summed E-state index contributed by atoms with van der Waals surface area (Å²) in [5.74, 6) is 0. The lowest BCUT2D eigenvalue weighted by Gasteiger charge is -2.32. The van der Waals surface area contributed by atoms with Crippen molar-refractivity contribution in [2.75, 3.05) is 13.2 Å². The van der Waals surface area contributed by atoms with E-state index in [1.54, 1.807) is 0 Å². The molecule has 0 fully saturated rings. The molecule has 2 aromatic rings. The zero-order valence-electron chi connectivity index (χ0n) is 12.4. The predicted molar refractivity (Wildman–Crippen MR) is 89.6 cm³/mol. The number of aliphatic hydroxyl groups is 2. The Morgan fingerprint density at radius 3 is 2.00 bits per heavy atom. The molecule has 0 spiro atoms. The van der Waals surface area contributed by atoms with E-state index in [9.17, 15) is 10.2 Å². The highest BCUT2D eigenvalue weighted by Gasteiger charge is 2.33. The molecule has 0 saturated heterocycles. The Morgan fingerprint density at radius 1 is 0.905 bits per heavy atom. The zero-order valence-corrected chi connectivity index (χ0v) is 14.0. The number of hydrogen-bond donors (Lipinski definition) is 2. The monoisotopic (exact) mass is 348 g/mol. The van der Waals surface area contributed by atoms with Gasteiger partial charge in [-0.2, -0.15) is 0 Å². The first kappa shape index (κ1) is 16.2. The molecular formula is C18H21BrO2. The second-order valence-electron chi connectivity index (χ2n) is 5.62. The Hall–Kier alpha value is -1.16. The van der Waals surface area contributed by atoms with Crippen molar-refractivity contribution >= 4 is 15.9 Å². The van der Waals surface area contributed by atoms with Gasteiger partial charge in [-0.05, 0) is 48.6 Å². The molecule has 21 heavy (non-hydrogen) atoms. The van der Waals surface area contributed by atoms with E-state index in [0.29, 0.717) is 6.42 Å². The molecule has 0 radical (unpaired) electrons. The molecule has 0 aliphatic carbocycles. The van der Waals surface area contributed by atoms with Crippen molar-refractivity contribution in [2.24, 2.45) is 0 Å². The Labute approximate surface area is 134 Å². The van der Waals surface area contributed by atoms with Gasteiger partial charge in [0, 0.05) is 9.89 Å². The summed E-state index contributed by atoms with van der Waals surface area (Å²) < 4.78 is 0.916. The molecule has 2 nitrogen and oxygen atoms in total. The van der Waals surface area contributed by atoms with Gasteiger partial charge in [-0.3, -0.25) is 0 Å². The summed E-state index contributed by atoms with van der Waals surface area (Å²) in [7, 11) is 0. The number of benzene rings is 2. The van der Waals surface area contributed by atoms with Gasteiger partial charge in [-0.1, -0.05) is 52.3 Å². The summed E-state index contributed by atoms with van der Waals surface area (Å²) in [4.78, 5) is 0. The minimum absolute atomic E-state index is 0.0973. The fraction of sp³-hybridized carbons (Fsp3) is 0.333. The molecular weight excluding hydrogens is 328 g/mol. The highest BCUT2D eigenvalue weighted by atomic mass is 79.9. The smallest absolute Gasteiger partial charge is 0.0553 e. The quantitative estimate of drug-likeness (QED) is 0.867. The van der Waals surface area contributed by atoms with Gasteiger partial charge in [0.25, 0.3) is 0 Å². The van der Waals surface area contributed by atoms with Crippen molar-refractivity contribution in [1.82, 2.24) is 0 Å². The summed E-state index contributed by atoms with van der Waals surface area (Å²) in [5, 5.41) is 20.0. The van der Waals surface area contributed by atoms with Crippen LogP contribution < -0.4 is 0 Å². The third-order valence-corrected chi connectivity index (χ3v) is 4.90. The Kier molecular flexibility index (Phi) is 5.20. The van der Waals surface area contributed by atoms with Crippen LogP contribution in [0, 0.1) is 13.8 Å². The molecule has 112 valence electrons. The van der Waals surface area contributed by atoms with Crippen LogP contribution in [0.2, 0.25) is 0 Å². The van der Waals surface area contributed by atoms with Gasteiger partial charge in [-0.15, -0.1) is 0 Å². The predicted octanol–water partition coefficient (Wildman–Crippen LogP) is 3.53. The molecule has 0 heterocycles. The highest BCUT2D eigenvalue weighted by molar-refractivity contribution is 9.10. The first-order chi connectivity index (χ1) is 10.0. The van der Waals surface area contributed by atoms with Gasteiger partial charge >= 0.3 is 0 Å². The molecule has 2 aromatic carbocycles. The second-order valence-corrected chi connectivity index (χ2v) is 6.48. The summed E-state index contributed by atoms with van der Waals surface area (Å²) in [6, 6.07) is 14.0. The van der Waals surface area contributed by atoms with Gasteiger partial charge in [0.1, 0.15) is 0 Å². The molecule has 3 heteroatoms. The number of aryl methyl sites for hydroxylation is 2. The molecule has 0 aromatic heterocycles. The maximum Gasteiger partial charge on any atom is 0.0553 e. The minimum atomic E-state index is -0.684. The van der Waals surface area contributed by atoms with Crippen LogP contribution in [0.15, 0.2) is 46.9 Å². The van der Waals surface area contributed by atoms with Crippen molar-refractivity contribution < 1.29 is 10.2 Å². The highest BCUT2D eigenvalue weighted by Crippen LogP contribution is 2.34. The standard InChI is InChI=1S/C18H21BrO2/c1-13-6-5-7-14(2)15(13)10-18(11-20,12-21)16-8-3-4-9-17(16)19/h3-9,20-21H,10-12H2,1-2H3. The Balaban J connectivity index is 2.51. The van der Waals surface area contributed by atoms with Crippen LogP contribution in [0.3, 0.4) is 0 Å². The maximum absolute atomic E-state index is 10.0.